The summed E-state index contributed by atoms with van der Waals surface area (Å²) in [5.41, 5.74) is 3.41. The minimum absolute atomic E-state index is 0.0378. The van der Waals surface area contributed by atoms with Crippen LogP contribution in [0.5, 0.6) is 0 Å². The number of amides is 1. The van der Waals surface area contributed by atoms with E-state index in [0.717, 1.165) is 21.6 Å². The number of fused-ring (bicyclic) bond motifs is 4. The van der Waals surface area contributed by atoms with E-state index in [4.69, 9.17) is 0 Å². The number of hydrogen-bond donors (Lipinski definition) is 0. The summed E-state index contributed by atoms with van der Waals surface area (Å²) in [7, 11) is 0. The summed E-state index contributed by atoms with van der Waals surface area (Å²) in [5.74, 6) is 0.0763. The predicted molar refractivity (Wildman–Crippen MR) is 110 cm³/mol. The fraction of sp³-hybridized carbons (Fsp3) is 0.0909. The highest BCUT2D eigenvalue weighted by molar-refractivity contribution is 8.04. The van der Waals surface area contributed by atoms with Crippen LogP contribution < -0.4 is 0 Å². The molecule has 3 aromatic rings. The zero-order chi connectivity index (χ0) is 18.4. The second kappa shape index (κ2) is 6.51. The molecule has 27 heavy (non-hydrogen) atoms. The molecule has 0 unspecified atom stereocenters. The van der Waals surface area contributed by atoms with E-state index in [2.05, 4.69) is 0 Å². The van der Waals surface area contributed by atoms with Crippen molar-refractivity contribution in [1.82, 2.24) is 4.90 Å². The molecule has 2 aliphatic heterocycles. The number of thiophene rings is 1. The van der Waals surface area contributed by atoms with Crippen LogP contribution in [0.1, 0.15) is 42.1 Å². The summed E-state index contributed by atoms with van der Waals surface area (Å²) < 4.78 is 0. The van der Waals surface area contributed by atoms with Gasteiger partial charge >= 0.3 is 0 Å². The van der Waals surface area contributed by atoms with E-state index in [1.807, 2.05) is 77.0 Å². The topological polar surface area (TPSA) is 37.4 Å². The highest BCUT2D eigenvalue weighted by Crippen LogP contribution is 2.48. The Hall–Kier alpha value is -2.63. The maximum atomic E-state index is 13.3. The third-order valence-corrected chi connectivity index (χ3v) is 7.06. The van der Waals surface area contributed by atoms with Crippen molar-refractivity contribution in [2.45, 2.75) is 11.9 Å². The number of carbonyl (C=O) groups excluding carboxylic acids is 2. The van der Waals surface area contributed by atoms with Crippen molar-refractivity contribution in [1.29, 1.82) is 0 Å². The van der Waals surface area contributed by atoms with Crippen LogP contribution in [0.3, 0.4) is 0 Å². The number of thioether (sulfide) groups is 1. The number of carbonyl (C=O) groups is 2. The van der Waals surface area contributed by atoms with Gasteiger partial charge in [0.1, 0.15) is 5.37 Å². The van der Waals surface area contributed by atoms with E-state index >= 15 is 0 Å². The molecular weight excluding hydrogens is 374 g/mol. The van der Waals surface area contributed by atoms with E-state index in [9.17, 15) is 9.59 Å². The van der Waals surface area contributed by atoms with Crippen LogP contribution in [0.25, 0.3) is 6.08 Å². The Kier molecular flexibility index (Phi) is 3.99. The Labute approximate surface area is 165 Å². The lowest BCUT2D eigenvalue weighted by atomic mass is 10.1. The van der Waals surface area contributed by atoms with Gasteiger partial charge < -0.3 is 4.90 Å². The van der Waals surface area contributed by atoms with E-state index in [1.54, 1.807) is 0 Å². The molecule has 1 aromatic heterocycles. The fourth-order valence-electron chi connectivity index (χ4n) is 3.54. The molecule has 0 fully saturated rings. The summed E-state index contributed by atoms with van der Waals surface area (Å²) in [5, 5.41) is 1.75. The number of Topliss-reactive ketones (excluding diaryl/α,β-unsaturated/α-hetero) is 1. The van der Waals surface area contributed by atoms with Gasteiger partial charge in [0.05, 0.1) is 11.4 Å². The van der Waals surface area contributed by atoms with Crippen LogP contribution in [0, 0.1) is 0 Å². The first-order chi connectivity index (χ1) is 13.2. The maximum Gasteiger partial charge on any atom is 0.255 e. The molecular formula is C22H15NO2S2. The van der Waals surface area contributed by atoms with Gasteiger partial charge in [-0.3, -0.25) is 9.59 Å². The van der Waals surface area contributed by atoms with Crippen LogP contribution in [0.4, 0.5) is 0 Å². The van der Waals surface area contributed by atoms with Crippen molar-refractivity contribution in [3.05, 3.63) is 98.1 Å². The van der Waals surface area contributed by atoms with Gasteiger partial charge in [-0.15, -0.1) is 11.3 Å². The number of benzene rings is 2. The molecule has 3 nitrogen and oxygen atoms in total. The van der Waals surface area contributed by atoms with E-state index in [0.29, 0.717) is 17.0 Å². The SMILES string of the molecule is O=C1/C(=C/c2ccccc2)S[C@@H]2c3ccccc3C(=O)N2Cc2sccc21. The summed E-state index contributed by atoms with van der Waals surface area (Å²) in [6.07, 6.45) is 1.93. The van der Waals surface area contributed by atoms with E-state index in [-0.39, 0.29) is 17.1 Å². The molecule has 0 spiro atoms. The quantitative estimate of drug-likeness (QED) is 0.525. The van der Waals surface area contributed by atoms with E-state index < -0.39 is 0 Å². The van der Waals surface area contributed by atoms with Crippen molar-refractivity contribution >= 4 is 40.9 Å². The summed E-state index contributed by atoms with van der Waals surface area (Å²) in [6, 6.07) is 19.4. The predicted octanol–water partition coefficient (Wildman–Crippen LogP) is 5.37. The van der Waals surface area contributed by atoms with Crippen molar-refractivity contribution in [3.63, 3.8) is 0 Å². The lowest BCUT2D eigenvalue weighted by Gasteiger charge is -2.27. The van der Waals surface area contributed by atoms with Crippen molar-refractivity contribution in [2.24, 2.45) is 0 Å². The first-order valence-corrected chi connectivity index (χ1v) is 10.4. The minimum Gasteiger partial charge on any atom is -0.317 e. The van der Waals surface area contributed by atoms with Gasteiger partial charge in [0, 0.05) is 16.0 Å². The first kappa shape index (κ1) is 16.5. The Balaban J connectivity index is 1.67. The number of allylic oxidation sites excluding steroid dienone is 1. The largest absolute Gasteiger partial charge is 0.317 e. The van der Waals surface area contributed by atoms with Crippen LogP contribution in [-0.4, -0.2) is 16.6 Å². The minimum atomic E-state index is -0.178. The molecule has 0 aliphatic carbocycles. The zero-order valence-electron chi connectivity index (χ0n) is 14.3. The van der Waals surface area contributed by atoms with Crippen molar-refractivity contribution in [3.8, 4) is 0 Å². The third kappa shape index (κ3) is 2.74. The van der Waals surface area contributed by atoms with Crippen LogP contribution in [0.2, 0.25) is 0 Å². The second-order valence-corrected chi connectivity index (χ2v) is 8.62. The fourth-order valence-corrected chi connectivity index (χ4v) is 5.71. The Bertz CT molecular complexity index is 1080. The molecule has 132 valence electrons. The standard InChI is InChI=1S/C22H15NO2S2/c24-20-17-10-11-26-19(17)13-23-21(25)15-8-4-5-9-16(15)22(23)27-18(20)12-14-6-2-1-3-7-14/h1-12,22H,13H2/b18-12-/t22-/m1/s1. The van der Waals surface area contributed by atoms with Gasteiger partial charge in [-0.05, 0) is 34.7 Å². The number of hydrogen-bond acceptors (Lipinski definition) is 4. The molecule has 5 rings (SSSR count). The average Bonchev–Trinajstić information content (AvgIpc) is 3.25. The molecule has 0 bridgehead atoms. The average molecular weight is 390 g/mol. The smallest absolute Gasteiger partial charge is 0.255 e. The molecule has 5 heteroatoms. The maximum absolute atomic E-state index is 13.3. The van der Waals surface area contributed by atoms with Crippen LogP contribution in [-0.2, 0) is 6.54 Å². The van der Waals surface area contributed by atoms with Gasteiger partial charge in [0.25, 0.3) is 5.91 Å². The third-order valence-electron chi connectivity index (χ3n) is 4.86. The van der Waals surface area contributed by atoms with Gasteiger partial charge in [-0.25, -0.2) is 0 Å². The molecule has 2 aliphatic rings. The number of ketones is 1. The van der Waals surface area contributed by atoms with Crippen LogP contribution >= 0.6 is 23.1 Å². The molecule has 0 saturated heterocycles. The van der Waals surface area contributed by atoms with Crippen LogP contribution in [0.15, 0.2) is 70.9 Å². The molecule has 0 radical (unpaired) electrons. The zero-order valence-corrected chi connectivity index (χ0v) is 15.9. The lowest BCUT2D eigenvalue weighted by Crippen LogP contribution is -2.28. The van der Waals surface area contributed by atoms with Gasteiger partial charge in [-0.2, -0.15) is 0 Å². The summed E-state index contributed by atoms with van der Waals surface area (Å²) >= 11 is 3.01. The Morgan fingerprint density at radius 1 is 0.926 bits per heavy atom. The van der Waals surface area contributed by atoms with Gasteiger partial charge in [-0.1, -0.05) is 60.3 Å². The summed E-state index contributed by atoms with van der Waals surface area (Å²) in [4.78, 5) is 29.7. The van der Waals surface area contributed by atoms with Crippen molar-refractivity contribution < 1.29 is 9.59 Å². The van der Waals surface area contributed by atoms with Crippen molar-refractivity contribution in [2.75, 3.05) is 0 Å². The number of rotatable bonds is 1. The second-order valence-electron chi connectivity index (χ2n) is 6.50. The molecule has 1 amide bonds. The number of nitrogens with zero attached hydrogens (tertiary/aromatic N) is 1. The Morgan fingerprint density at radius 3 is 2.56 bits per heavy atom. The Morgan fingerprint density at radius 2 is 1.70 bits per heavy atom. The van der Waals surface area contributed by atoms with Gasteiger partial charge in [0.15, 0.2) is 0 Å². The molecule has 0 N–H and O–H groups in total. The molecule has 1 atom stereocenters. The first-order valence-electron chi connectivity index (χ1n) is 8.67. The lowest BCUT2D eigenvalue weighted by molar-refractivity contribution is 0.0760. The molecule has 0 saturated carbocycles. The summed E-state index contributed by atoms with van der Waals surface area (Å²) in [6.45, 7) is 0.475. The monoisotopic (exact) mass is 389 g/mol. The molecule has 2 aromatic carbocycles. The molecule has 3 heterocycles. The highest BCUT2D eigenvalue weighted by Gasteiger charge is 2.40. The van der Waals surface area contributed by atoms with E-state index in [1.165, 1.54) is 23.1 Å². The van der Waals surface area contributed by atoms with Gasteiger partial charge in [0.2, 0.25) is 5.78 Å². The highest BCUT2D eigenvalue weighted by atomic mass is 32.2. The normalized spacial score (nSPS) is 20.1.